The van der Waals surface area contributed by atoms with E-state index in [1.54, 1.807) is 14.0 Å². The SMILES string of the molecule is CCOC(=O)C1CCN([C@H](c2ccc(OCC)c(OC)c2)c2sc3nc(C)nn3c2O)CC1. The molecule has 0 amide bonds. The average molecular weight is 475 g/mol. The van der Waals surface area contributed by atoms with Gasteiger partial charge >= 0.3 is 5.97 Å². The number of fused-ring (bicyclic) bond motifs is 1. The average Bonchev–Trinajstić information content (AvgIpc) is 3.32. The lowest BCUT2D eigenvalue weighted by molar-refractivity contribution is -0.149. The van der Waals surface area contributed by atoms with Crippen molar-refractivity contribution in [3.05, 3.63) is 34.5 Å². The van der Waals surface area contributed by atoms with E-state index in [1.807, 2.05) is 32.0 Å². The Hall–Kier alpha value is -2.85. The molecule has 178 valence electrons. The predicted molar refractivity (Wildman–Crippen MR) is 124 cm³/mol. The third kappa shape index (κ3) is 4.63. The van der Waals surface area contributed by atoms with Crippen LogP contribution in [0.15, 0.2) is 18.2 Å². The fourth-order valence-electron chi connectivity index (χ4n) is 4.34. The number of carbonyl (C=O) groups excluding carboxylic acids is 1. The largest absolute Gasteiger partial charge is 0.493 e. The van der Waals surface area contributed by atoms with Crippen molar-refractivity contribution < 1.29 is 24.1 Å². The maximum Gasteiger partial charge on any atom is 0.309 e. The number of aromatic nitrogens is 3. The molecule has 1 aliphatic heterocycles. The molecule has 9 nitrogen and oxygen atoms in total. The van der Waals surface area contributed by atoms with Crippen molar-refractivity contribution in [2.75, 3.05) is 33.4 Å². The minimum absolute atomic E-state index is 0.0842. The molecule has 10 heteroatoms. The first-order valence-corrected chi connectivity index (χ1v) is 12.0. The molecule has 1 N–H and O–H groups in total. The van der Waals surface area contributed by atoms with E-state index in [0.717, 1.165) is 10.4 Å². The lowest BCUT2D eigenvalue weighted by atomic mass is 9.93. The summed E-state index contributed by atoms with van der Waals surface area (Å²) in [5.41, 5.74) is 0.960. The number of hydrogen-bond acceptors (Lipinski definition) is 9. The number of benzene rings is 1. The fourth-order valence-corrected chi connectivity index (χ4v) is 5.50. The second-order valence-corrected chi connectivity index (χ2v) is 8.96. The molecule has 0 aliphatic carbocycles. The Balaban J connectivity index is 1.71. The second-order valence-electron chi connectivity index (χ2n) is 7.95. The van der Waals surface area contributed by atoms with Gasteiger partial charge in [-0.15, -0.1) is 5.10 Å². The Labute approximate surface area is 196 Å². The first kappa shape index (κ1) is 23.3. The van der Waals surface area contributed by atoms with Gasteiger partial charge in [0.25, 0.3) is 0 Å². The van der Waals surface area contributed by atoms with Crippen LogP contribution in [0, 0.1) is 12.8 Å². The molecule has 3 heterocycles. The van der Waals surface area contributed by atoms with Gasteiger partial charge in [0.15, 0.2) is 11.5 Å². The van der Waals surface area contributed by atoms with Gasteiger partial charge in [-0.3, -0.25) is 9.69 Å². The maximum absolute atomic E-state index is 12.2. The van der Waals surface area contributed by atoms with E-state index in [4.69, 9.17) is 14.2 Å². The van der Waals surface area contributed by atoms with E-state index < -0.39 is 0 Å². The monoisotopic (exact) mass is 474 g/mol. The number of ether oxygens (including phenoxy) is 3. The number of aryl methyl sites for hydroxylation is 1. The molecule has 3 aromatic rings. The number of nitrogens with zero attached hydrogens (tertiary/aromatic N) is 4. The normalized spacial score (nSPS) is 16.1. The molecule has 0 saturated carbocycles. The van der Waals surface area contributed by atoms with Crippen LogP contribution in [0.2, 0.25) is 0 Å². The number of rotatable bonds is 8. The van der Waals surface area contributed by atoms with Crippen LogP contribution in [0.5, 0.6) is 17.4 Å². The van der Waals surface area contributed by atoms with Gasteiger partial charge in [0.2, 0.25) is 10.8 Å². The van der Waals surface area contributed by atoms with Crippen molar-refractivity contribution in [3.63, 3.8) is 0 Å². The fraction of sp³-hybridized carbons (Fsp3) is 0.522. The minimum atomic E-state index is -0.244. The molecule has 0 radical (unpaired) electrons. The van der Waals surface area contributed by atoms with Crippen molar-refractivity contribution in [1.29, 1.82) is 0 Å². The van der Waals surface area contributed by atoms with Crippen molar-refractivity contribution in [3.8, 4) is 17.4 Å². The van der Waals surface area contributed by atoms with Gasteiger partial charge in [-0.25, -0.2) is 4.98 Å². The topological polar surface area (TPSA) is 98.4 Å². The van der Waals surface area contributed by atoms with Gasteiger partial charge < -0.3 is 19.3 Å². The van der Waals surface area contributed by atoms with Crippen LogP contribution in [0.4, 0.5) is 0 Å². The number of carbonyl (C=O) groups is 1. The Kier molecular flexibility index (Phi) is 7.04. The molecule has 2 aromatic heterocycles. The third-order valence-electron chi connectivity index (χ3n) is 5.87. The standard InChI is InChI=1S/C23H30N4O5S/c1-5-31-17-8-7-16(13-18(17)30-4)19(20-21(28)27-23(33-20)24-14(3)25-27)26-11-9-15(10-12-26)22(29)32-6-2/h7-8,13,15,19,28H,5-6,9-12H2,1-4H3/t19-/m1/s1. The first-order chi connectivity index (χ1) is 16.0. The smallest absolute Gasteiger partial charge is 0.309 e. The number of thiazole rings is 1. The van der Waals surface area contributed by atoms with Gasteiger partial charge in [-0.05, 0) is 64.4 Å². The van der Waals surface area contributed by atoms with Crippen LogP contribution in [0.3, 0.4) is 0 Å². The summed E-state index contributed by atoms with van der Waals surface area (Å²) in [5.74, 6) is 1.77. The molecule has 33 heavy (non-hydrogen) atoms. The van der Waals surface area contributed by atoms with E-state index in [9.17, 15) is 9.90 Å². The Morgan fingerprint density at radius 2 is 2.00 bits per heavy atom. The number of aromatic hydroxyl groups is 1. The van der Waals surface area contributed by atoms with Crippen molar-refractivity contribution in [1.82, 2.24) is 19.5 Å². The molecule has 0 spiro atoms. The number of hydrogen-bond donors (Lipinski definition) is 1. The zero-order valence-corrected chi connectivity index (χ0v) is 20.2. The first-order valence-electron chi connectivity index (χ1n) is 11.2. The van der Waals surface area contributed by atoms with Crippen LogP contribution in [-0.4, -0.2) is 64.0 Å². The van der Waals surface area contributed by atoms with Crippen molar-refractivity contribution >= 4 is 22.3 Å². The Morgan fingerprint density at radius 3 is 2.64 bits per heavy atom. The van der Waals surface area contributed by atoms with E-state index in [1.165, 1.54) is 15.9 Å². The lowest BCUT2D eigenvalue weighted by Crippen LogP contribution is -2.39. The Bertz CT molecular complexity index is 1120. The predicted octanol–water partition coefficient (Wildman–Crippen LogP) is 3.58. The van der Waals surface area contributed by atoms with E-state index in [-0.39, 0.29) is 23.8 Å². The molecule has 1 aliphatic rings. The van der Waals surface area contributed by atoms with Crippen LogP contribution in [0.1, 0.15) is 49.0 Å². The third-order valence-corrected chi connectivity index (χ3v) is 6.94. The summed E-state index contributed by atoms with van der Waals surface area (Å²) in [6.07, 6.45) is 1.40. The van der Waals surface area contributed by atoms with Gasteiger partial charge in [0.05, 0.1) is 37.2 Å². The van der Waals surface area contributed by atoms with Gasteiger partial charge in [0.1, 0.15) is 5.82 Å². The zero-order chi connectivity index (χ0) is 23.5. The number of likely N-dealkylation sites (tertiary alicyclic amines) is 1. The molecule has 1 aromatic carbocycles. The molecule has 0 unspecified atom stereocenters. The van der Waals surface area contributed by atoms with Crippen LogP contribution in [-0.2, 0) is 9.53 Å². The highest BCUT2D eigenvalue weighted by Crippen LogP contribution is 2.43. The summed E-state index contributed by atoms with van der Waals surface area (Å²) < 4.78 is 18.0. The molecule has 1 saturated heterocycles. The van der Waals surface area contributed by atoms with Gasteiger partial charge in [-0.2, -0.15) is 4.52 Å². The molecule has 1 atom stereocenters. The summed E-state index contributed by atoms with van der Waals surface area (Å²) in [4.78, 5) is 20.3. The van der Waals surface area contributed by atoms with Crippen LogP contribution in [0.25, 0.3) is 4.96 Å². The molecule has 1 fully saturated rings. The highest BCUT2D eigenvalue weighted by atomic mass is 32.1. The minimum Gasteiger partial charge on any atom is -0.493 e. The molecular weight excluding hydrogens is 444 g/mol. The van der Waals surface area contributed by atoms with E-state index in [0.29, 0.717) is 61.4 Å². The van der Waals surface area contributed by atoms with Crippen LogP contribution >= 0.6 is 11.3 Å². The van der Waals surface area contributed by atoms with Crippen LogP contribution < -0.4 is 9.47 Å². The summed E-state index contributed by atoms with van der Waals surface area (Å²) >= 11 is 1.42. The summed E-state index contributed by atoms with van der Waals surface area (Å²) in [5, 5.41) is 15.4. The summed E-state index contributed by atoms with van der Waals surface area (Å²) in [6, 6.07) is 5.60. The van der Waals surface area contributed by atoms with E-state index >= 15 is 0 Å². The maximum atomic E-state index is 12.2. The zero-order valence-electron chi connectivity index (χ0n) is 19.4. The van der Waals surface area contributed by atoms with Crippen molar-refractivity contribution in [2.24, 2.45) is 5.92 Å². The van der Waals surface area contributed by atoms with Crippen molar-refractivity contribution in [2.45, 2.75) is 39.7 Å². The quantitative estimate of drug-likeness (QED) is 0.495. The number of piperidine rings is 1. The highest BCUT2D eigenvalue weighted by molar-refractivity contribution is 7.17. The summed E-state index contributed by atoms with van der Waals surface area (Å²) in [6.45, 7) is 7.86. The number of esters is 1. The number of methoxy groups -OCH3 is 1. The van der Waals surface area contributed by atoms with Gasteiger partial charge in [-0.1, -0.05) is 17.4 Å². The highest BCUT2D eigenvalue weighted by Gasteiger charge is 2.34. The molecule has 0 bridgehead atoms. The second kappa shape index (κ2) is 9.96. The molecular formula is C23H30N4O5S. The summed E-state index contributed by atoms with van der Waals surface area (Å²) in [7, 11) is 1.62. The van der Waals surface area contributed by atoms with E-state index in [2.05, 4.69) is 15.0 Å². The molecule has 4 rings (SSSR count). The lowest BCUT2D eigenvalue weighted by Gasteiger charge is -2.36. The van der Waals surface area contributed by atoms with Gasteiger partial charge in [0, 0.05) is 0 Å². The Morgan fingerprint density at radius 1 is 1.24 bits per heavy atom.